The maximum Gasteiger partial charge on any atom is 0.0535 e. The first-order valence-electron chi connectivity index (χ1n) is 8.04. The van der Waals surface area contributed by atoms with Gasteiger partial charge in [0.15, 0.2) is 0 Å². The van der Waals surface area contributed by atoms with Crippen molar-refractivity contribution < 1.29 is 0 Å². The Morgan fingerprint density at radius 2 is 1.76 bits per heavy atom. The smallest absolute Gasteiger partial charge is 0.0535 e. The number of hydrogen-bond acceptors (Lipinski definition) is 3. The summed E-state index contributed by atoms with van der Waals surface area (Å²) in [6.07, 6.45) is 4.27. The number of piperidine rings is 1. The zero-order valence-corrected chi connectivity index (χ0v) is 14.7. The lowest BCUT2D eigenvalue weighted by molar-refractivity contribution is 0.145. The third kappa shape index (κ3) is 4.30. The van der Waals surface area contributed by atoms with E-state index in [0.29, 0.717) is 6.04 Å². The summed E-state index contributed by atoms with van der Waals surface area (Å²) in [5.41, 5.74) is 3.00. The topological polar surface area (TPSA) is 52.7 Å². The SMILES string of the molecule is CC1(C)CC(NCc2cn[nH]c2C(C)(C)C)CC(C)(C)N1. The Balaban J connectivity index is 2.02. The molecule has 4 nitrogen and oxygen atoms in total. The lowest BCUT2D eigenvalue weighted by atomic mass is 9.79. The van der Waals surface area contributed by atoms with Crippen molar-refractivity contribution in [3.63, 3.8) is 0 Å². The van der Waals surface area contributed by atoms with E-state index in [4.69, 9.17) is 0 Å². The van der Waals surface area contributed by atoms with Crippen LogP contribution in [0.1, 0.15) is 72.6 Å². The predicted molar refractivity (Wildman–Crippen MR) is 88.4 cm³/mol. The zero-order chi connectivity index (χ0) is 15.9. The van der Waals surface area contributed by atoms with E-state index in [0.717, 1.165) is 19.4 Å². The summed E-state index contributed by atoms with van der Waals surface area (Å²) in [5, 5.41) is 14.9. The molecule has 21 heavy (non-hydrogen) atoms. The van der Waals surface area contributed by atoms with Crippen LogP contribution >= 0.6 is 0 Å². The highest BCUT2D eigenvalue weighted by molar-refractivity contribution is 5.23. The summed E-state index contributed by atoms with van der Waals surface area (Å²) in [6, 6.07) is 0.541. The molecule has 0 radical (unpaired) electrons. The Hall–Kier alpha value is -0.870. The van der Waals surface area contributed by atoms with Crippen molar-refractivity contribution >= 4 is 0 Å². The first kappa shape index (κ1) is 16.5. The van der Waals surface area contributed by atoms with Gasteiger partial charge in [-0.1, -0.05) is 20.8 Å². The van der Waals surface area contributed by atoms with E-state index in [1.807, 2.05) is 6.20 Å². The van der Waals surface area contributed by atoms with Crippen molar-refractivity contribution in [2.24, 2.45) is 0 Å². The fraction of sp³-hybridized carbons (Fsp3) is 0.824. The number of H-pyrrole nitrogens is 1. The van der Waals surface area contributed by atoms with E-state index in [9.17, 15) is 0 Å². The Morgan fingerprint density at radius 3 is 2.29 bits per heavy atom. The van der Waals surface area contributed by atoms with E-state index in [-0.39, 0.29) is 16.5 Å². The van der Waals surface area contributed by atoms with Crippen LogP contribution in [0.4, 0.5) is 0 Å². The lowest BCUT2D eigenvalue weighted by Gasteiger charge is -2.46. The molecular weight excluding hydrogens is 260 g/mol. The number of aromatic nitrogens is 2. The highest BCUT2D eigenvalue weighted by Gasteiger charge is 2.37. The van der Waals surface area contributed by atoms with Gasteiger partial charge in [0, 0.05) is 40.3 Å². The lowest BCUT2D eigenvalue weighted by Crippen LogP contribution is -2.61. The van der Waals surface area contributed by atoms with Gasteiger partial charge >= 0.3 is 0 Å². The highest BCUT2D eigenvalue weighted by atomic mass is 15.1. The Morgan fingerprint density at radius 1 is 1.19 bits per heavy atom. The zero-order valence-electron chi connectivity index (χ0n) is 14.7. The molecule has 0 bridgehead atoms. The normalized spacial score (nSPS) is 22.4. The number of rotatable bonds is 3. The Kier molecular flexibility index (Phi) is 4.24. The Bertz CT molecular complexity index is 463. The maximum absolute atomic E-state index is 4.23. The number of nitrogens with zero attached hydrogens (tertiary/aromatic N) is 1. The van der Waals surface area contributed by atoms with Crippen molar-refractivity contribution in [1.82, 2.24) is 20.8 Å². The van der Waals surface area contributed by atoms with Gasteiger partial charge in [0.25, 0.3) is 0 Å². The molecular formula is C17H32N4. The molecule has 0 atom stereocenters. The number of nitrogens with one attached hydrogen (secondary N) is 3. The van der Waals surface area contributed by atoms with Crippen LogP contribution in [0, 0.1) is 0 Å². The van der Waals surface area contributed by atoms with E-state index in [2.05, 4.69) is 69.3 Å². The van der Waals surface area contributed by atoms with E-state index >= 15 is 0 Å². The predicted octanol–water partition coefficient (Wildman–Crippen LogP) is 3.11. The summed E-state index contributed by atoms with van der Waals surface area (Å²) < 4.78 is 0. The molecule has 0 aliphatic carbocycles. The molecule has 3 N–H and O–H groups in total. The molecule has 2 heterocycles. The van der Waals surface area contributed by atoms with E-state index < -0.39 is 0 Å². The van der Waals surface area contributed by atoms with Gasteiger partial charge < -0.3 is 10.6 Å². The van der Waals surface area contributed by atoms with Gasteiger partial charge in [0.05, 0.1) is 6.20 Å². The minimum atomic E-state index is 0.111. The summed E-state index contributed by atoms with van der Waals surface area (Å²) in [5.74, 6) is 0. The standard InChI is InChI=1S/C17H32N4/c1-15(2,3)14-12(11-19-20-14)10-18-13-8-16(4,5)21-17(6,7)9-13/h11,13,18,21H,8-10H2,1-7H3,(H,19,20). The molecule has 4 heteroatoms. The molecule has 0 spiro atoms. The molecule has 1 fully saturated rings. The second-order valence-corrected chi connectivity index (χ2v) is 8.90. The molecule has 1 aliphatic rings. The van der Waals surface area contributed by atoms with Crippen LogP contribution in [0.3, 0.4) is 0 Å². The maximum atomic E-state index is 4.23. The molecule has 0 amide bonds. The molecule has 1 aromatic heterocycles. The summed E-state index contributed by atoms with van der Waals surface area (Å²) >= 11 is 0. The summed E-state index contributed by atoms with van der Waals surface area (Å²) in [7, 11) is 0. The van der Waals surface area contributed by atoms with Crippen molar-refractivity contribution in [3.05, 3.63) is 17.5 Å². The van der Waals surface area contributed by atoms with E-state index in [1.165, 1.54) is 11.3 Å². The fourth-order valence-corrected chi connectivity index (χ4v) is 3.82. The summed E-state index contributed by atoms with van der Waals surface area (Å²) in [6.45, 7) is 16.7. The van der Waals surface area contributed by atoms with Crippen molar-refractivity contribution in [3.8, 4) is 0 Å². The first-order valence-corrected chi connectivity index (χ1v) is 8.04. The minimum Gasteiger partial charge on any atom is -0.310 e. The number of aromatic amines is 1. The first-order chi connectivity index (χ1) is 9.49. The van der Waals surface area contributed by atoms with Crippen LogP contribution < -0.4 is 10.6 Å². The van der Waals surface area contributed by atoms with Gasteiger partial charge in [-0.2, -0.15) is 5.10 Å². The van der Waals surface area contributed by atoms with E-state index in [1.54, 1.807) is 0 Å². The number of hydrogen-bond donors (Lipinski definition) is 3. The van der Waals surface area contributed by atoms with Crippen LogP contribution in [0.25, 0.3) is 0 Å². The second-order valence-electron chi connectivity index (χ2n) is 8.90. The van der Waals surface area contributed by atoms with Crippen molar-refractivity contribution in [2.75, 3.05) is 0 Å². The molecule has 0 saturated carbocycles. The van der Waals surface area contributed by atoms with Crippen LogP contribution in [-0.2, 0) is 12.0 Å². The molecule has 0 unspecified atom stereocenters. The fourth-order valence-electron chi connectivity index (χ4n) is 3.82. The van der Waals surface area contributed by atoms with Gasteiger partial charge in [-0.05, 0) is 40.5 Å². The minimum absolute atomic E-state index is 0.111. The largest absolute Gasteiger partial charge is 0.310 e. The second kappa shape index (κ2) is 5.40. The molecule has 2 rings (SSSR count). The van der Waals surface area contributed by atoms with Gasteiger partial charge in [0.2, 0.25) is 0 Å². The average molecular weight is 292 g/mol. The van der Waals surface area contributed by atoms with Gasteiger partial charge in [-0.25, -0.2) is 0 Å². The molecule has 0 aromatic carbocycles. The van der Waals surface area contributed by atoms with Crippen molar-refractivity contribution in [2.45, 2.75) is 90.4 Å². The van der Waals surface area contributed by atoms with Crippen molar-refractivity contribution in [1.29, 1.82) is 0 Å². The average Bonchev–Trinajstić information content (AvgIpc) is 2.69. The third-order valence-corrected chi connectivity index (χ3v) is 4.24. The molecule has 1 aliphatic heterocycles. The summed E-state index contributed by atoms with van der Waals surface area (Å²) in [4.78, 5) is 0. The third-order valence-electron chi connectivity index (χ3n) is 4.24. The molecule has 1 saturated heterocycles. The van der Waals surface area contributed by atoms with Gasteiger partial charge in [-0.3, -0.25) is 5.10 Å². The van der Waals surface area contributed by atoms with Crippen LogP contribution in [0.5, 0.6) is 0 Å². The van der Waals surface area contributed by atoms with Crippen LogP contribution in [0.15, 0.2) is 6.20 Å². The Labute approximate surface area is 129 Å². The molecule has 1 aromatic rings. The van der Waals surface area contributed by atoms with Gasteiger partial charge in [-0.15, -0.1) is 0 Å². The highest BCUT2D eigenvalue weighted by Crippen LogP contribution is 2.29. The molecule has 120 valence electrons. The van der Waals surface area contributed by atoms with Crippen LogP contribution in [0.2, 0.25) is 0 Å². The quantitative estimate of drug-likeness (QED) is 0.802. The van der Waals surface area contributed by atoms with Gasteiger partial charge in [0.1, 0.15) is 0 Å². The monoisotopic (exact) mass is 292 g/mol. The van der Waals surface area contributed by atoms with Crippen LogP contribution in [-0.4, -0.2) is 27.3 Å².